The number of quaternary nitrogens is 2. The molecule has 29 heavy (non-hydrogen) atoms. The van der Waals surface area contributed by atoms with E-state index in [4.69, 9.17) is 11.6 Å². The van der Waals surface area contributed by atoms with Crippen molar-refractivity contribution < 1.29 is 9.80 Å². The summed E-state index contributed by atoms with van der Waals surface area (Å²) in [5.74, 6) is 1.62. The summed E-state index contributed by atoms with van der Waals surface area (Å²) in [5.41, 5.74) is 1.26. The Morgan fingerprint density at radius 1 is 1.07 bits per heavy atom. The van der Waals surface area contributed by atoms with Crippen LogP contribution in [0.1, 0.15) is 63.4 Å². The van der Waals surface area contributed by atoms with Gasteiger partial charge in [0, 0.05) is 17.1 Å². The summed E-state index contributed by atoms with van der Waals surface area (Å²) < 4.78 is 2.03. The Kier molecular flexibility index (Phi) is 6.83. The van der Waals surface area contributed by atoms with E-state index in [2.05, 4.69) is 41.5 Å². The molecule has 1 aliphatic heterocycles. The van der Waals surface area contributed by atoms with Crippen LogP contribution in [0.15, 0.2) is 24.3 Å². The first kappa shape index (κ1) is 20.8. The van der Waals surface area contributed by atoms with E-state index >= 15 is 0 Å². The van der Waals surface area contributed by atoms with E-state index in [1.165, 1.54) is 44.3 Å². The van der Waals surface area contributed by atoms with Gasteiger partial charge in [-0.1, -0.05) is 37.6 Å². The molecule has 0 radical (unpaired) electrons. The van der Waals surface area contributed by atoms with Crippen LogP contribution in [0.2, 0.25) is 5.02 Å². The van der Waals surface area contributed by atoms with E-state index in [1.54, 1.807) is 4.90 Å². The van der Waals surface area contributed by atoms with Crippen LogP contribution >= 0.6 is 11.6 Å². The highest BCUT2D eigenvalue weighted by atomic mass is 35.5. The highest BCUT2D eigenvalue weighted by molar-refractivity contribution is 6.30. The van der Waals surface area contributed by atoms with E-state index in [1.807, 2.05) is 21.7 Å². The molecule has 1 aromatic carbocycles. The average Bonchev–Trinajstić information content (AvgIpc) is 3.41. The third-order valence-corrected chi connectivity index (χ3v) is 7.07. The van der Waals surface area contributed by atoms with Crippen LogP contribution in [0, 0.1) is 5.92 Å². The van der Waals surface area contributed by atoms with Gasteiger partial charge in [0.05, 0.1) is 6.04 Å². The van der Waals surface area contributed by atoms with Gasteiger partial charge in [-0.05, 0) is 60.6 Å². The van der Waals surface area contributed by atoms with Crippen molar-refractivity contribution in [2.24, 2.45) is 5.92 Å². The van der Waals surface area contributed by atoms with Crippen LogP contribution in [0.4, 0.5) is 0 Å². The number of nitrogens with one attached hydrogen (secondary N) is 2. The standard InChI is InChI=1S/C22H33ClN6/c1-17(2)11-12-29-22(24-25-26-29)21(18-7-9-19(23)10-8-18)28-15-13-27(14-16-28)20-5-3-4-6-20/h7-10,17,20-21H,3-6,11-16H2,1-2H3/p+2/t21-/m0/s1. The van der Waals surface area contributed by atoms with Crippen LogP contribution in [0.5, 0.6) is 0 Å². The van der Waals surface area contributed by atoms with E-state index in [0.717, 1.165) is 42.9 Å². The number of hydrogen-bond acceptors (Lipinski definition) is 3. The molecule has 1 atom stereocenters. The van der Waals surface area contributed by atoms with Gasteiger partial charge in [0.1, 0.15) is 26.2 Å². The van der Waals surface area contributed by atoms with Gasteiger partial charge in [-0.15, -0.1) is 5.10 Å². The second-order valence-corrected chi connectivity index (χ2v) is 9.66. The maximum atomic E-state index is 6.18. The van der Waals surface area contributed by atoms with E-state index in [-0.39, 0.29) is 6.04 Å². The zero-order valence-electron chi connectivity index (χ0n) is 17.8. The summed E-state index contributed by atoms with van der Waals surface area (Å²) in [6, 6.07) is 9.34. The predicted octanol–water partition coefficient (Wildman–Crippen LogP) is 1.19. The predicted molar refractivity (Wildman–Crippen MR) is 114 cm³/mol. The lowest BCUT2D eigenvalue weighted by Crippen LogP contribution is -3.29. The number of piperazine rings is 1. The van der Waals surface area contributed by atoms with Crippen molar-refractivity contribution >= 4 is 11.6 Å². The van der Waals surface area contributed by atoms with Gasteiger partial charge >= 0.3 is 0 Å². The first-order valence-electron chi connectivity index (χ1n) is 11.3. The molecule has 0 unspecified atom stereocenters. The Labute approximate surface area is 179 Å². The quantitative estimate of drug-likeness (QED) is 0.710. The molecule has 0 spiro atoms. The fourth-order valence-electron chi connectivity index (χ4n) is 5.10. The molecular formula is C22H35ClN6+2. The summed E-state index contributed by atoms with van der Waals surface area (Å²) in [7, 11) is 0. The lowest BCUT2D eigenvalue weighted by molar-refractivity contribution is -1.03. The second kappa shape index (κ2) is 9.54. The van der Waals surface area contributed by atoms with E-state index in [9.17, 15) is 0 Å². The lowest BCUT2D eigenvalue weighted by Gasteiger charge is -2.36. The molecule has 0 amide bonds. The fourth-order valence-corrected chi connectivity index (χ4v) is 5.23. The molecule has 1 aromatic heterocycles. The van der Waals surface area contributed by atoms with E-state index in [0.29, 0.717) is 5.92 Å². The van der Waals surface area contributed by atoms with Gasteiger partial charge in [-0.25, -0.2) is 4.68 Å². The number of halogens is 1. The SMILES string of the molecule is CC(C)CCn1nnnc1[C@H](c1ccc(Cl)cc1)[NH+]1CC[NH+](C2CCCC2)CC1. The highest BCUT2D eigenvalue weighted by Gasteiger charge is 2.38. The smallest absolute Gasteiger partial charge is 0.214 e. The molecule has 1 saturated carbocycles. The number of tetrazole rings is 1. The lowest BCUT2D eigenvalue weighted by atomic mass is 10.0. The first-order valence-corrected chi connectivity index (χ1v) is 11.7. The molecule has 2 fully saturated rings. The van der Waals surface area contributed by atoms with Crippen molar-refractivity contribution in [1.29, 1.82) is 0 Å². The summed E-state index contributed by atoms with van der Waals surface area (Å²) in [5, 5.41) is 13.7. The number of aromatic nitrogens is 4. The van der Waals surface area contributed by atoms with Crippen LogP contribution in [0.25, 0.3) is 0 Å². The summed E-state index contributed by atoms with van der Waals surface area (Å²) in [4.78, 5) is 3.40. The Balaban J connectivity index is 1.55. The molecule has 2 aromatic rings. The average molecular weight is 419 g/mol. The van der Waals surface area contributed by atoms with Crippen molar-refractivity contribution in [2.45, 2.75) is 64.6 Å². The summed E-state index contributed by atoms with van der Waals surface area (Å²) >= 11 is 6.18. The molecule has 2 N–H and O–H groups in total. The van der Waals surface area contributed by atoms with Crippen LogP contribution in [0.3, 0.4) is 0 Å². The third kappa shape index (κ3) is 4.98. The van der Waals surface area contributed by atoms with Crippen LogP contribution in [-0.2, 0) is 6.54 Å². The van der Waals surface area contributed by atoms with Gasteiger partial charge in [0.2, 0.25) is 5.82 Å². The molecule has 0 bridgehead atoms. The maximum Gasteiger partial charge on any atom is 0.214 e. The van der Waals surface area contributed by atoms with Gasteiger partial charge in [0.15, 0.2) is 6.04 Å². The normalized spacial score (nSPS) is 24.3. The molecule has 2 aliphatic rings. The van der Waals surface area contributed by atoms with Crippen molar-refractivity contribution in [2.75, 3.05) is 26.2 Å². The third-order valence-electron chi connectivity index (χ3n) is 6.81. The summed E-state index contributed by atoms with van der Waals surface area (Å²) in [6.45, 7) is 10.2. The zero-order chi connectivity index (χ0) is 20.2. The van der Waals surface area contributed by atoms with Crippen molar-refractivity contribution in [3.63, 3.8) is 0 Å². The monoisotopic (exact) mass is 418 g/mol. The molecular weight excluding hydrogens is 384 g/mol. The molecule has 4 rings (SSSR count). The topological polar surface area (TPSA) is 52.5 Å². The van der Waals surface area contributed by atoms with E-state index < -0.39 is 0 Å². The minimum Gasteiger partial charge on any atom is -0.323 e. The second-order valence-electron chi connectivity index (χ2n) is 9.23. The van der Waals surface area contributed by atoms with Crippen LogP contribution < -0.4 is 9.80 Å². The number of rotatable bonds is 7. The summed E-state index contributed by atoms with van der Waals surface area (Å²) in [6.07, 6.45) is 6.75. The number of benzene rings is 1. The molecule has 2 heterocycles. The Bertz CT molecular complexity index is 760. The minimum absolute atomic E-state index is 0.166. The van der Waals surface area contributed by atoms with Crippen molar-refractivity contribution in [3.05, 3.63) is 40.7 Å². The number of hydrogen-bond donors (Lipinski definition) is 2. The zero-order valence-corrected chi connectivity index (χ0v) is 18.5. The Hall–Kier alpha value is -1.50. The maximum absolute atomic E-state index is 6.18. The number of nitrogens with zero attached hydrogens (tertiary/aromatic N) is 4. The van der Waals surface area contributed by atoms with Gasteiger partial charge in [-0.3, -0.25) is 0 Å². The number of aryl methyl sites for hydroxylation is 1. The van der Waals surface area contributed by atoms with Crippen LogP contribution in [-0.4, -0.2) is 52.4 Å². The van der Waals surface area contributed by atoms with Gasteiger partial charge < -0.3 is 9.80 Å². The largest absolute Gasteiger partial charge is 0.323 e. The first-order chi connectivity index (χ1) is 14.1. The fraction of sp³-hybridized carbons (Fsp3) is 0.682. The minimum atomic E-state index is 0.166. The highest BCUT2D eigenvalue weighted by Crippen LogP contribution is 2.20. The van der Waals surface area contributed by atoms with Crippen molar-refractivity contribution in [1.82, 2.24) is 20.2 Å². The molecule has 1 aliphatic carbocycles. The Morgan fingerprint density at radius 3 is 2.41 bits per heavy atom. The molecule has 158 valence electrons. The van der Waals surface area contributed by atoms with Gasteiger partial charge in [0.25, 0.3) is 0 Å². The molecule has 1 saturated heterocycles. The Morgan fingerprint density at radius 2 is 1.76 bits per heavy atom. The van der Waals surface area contributed by atoms with Gasteiger partial charge in [-0.2, -0.15) is 0 Å². The molecule has 7 heteroatoms. The molecule has 6 nitrogen and oxygen atoms in total. The van der Waals surface area contributed by atoms with Crippen molar-refractivity contribution in [3.8, 4) is 0 Å².